The predicted molar refractivity (Wildman–Crippen MR) is 104 cm³/mol. The lowest BCUT2D eigenvalue weighted by atomic mass is 9.95. The monoisotopic (exact) mass is 362 g/mol. The molecule has 6 heteroatoms. The Morgan fingerprint density at radius 3 is 2.70 bits per heavy atom. The Morgan fingerprint density at radius 1 is 1.15 bits per heavy atom. The second-order valence-electron chi connectivity index (χ2n) is 7.13. The number of nitrogens with zero attached hydrogens (tertiary/aromatic N) is 3. The van der Waals surface area contributed by atoms with Crippen LogP contribution in [0.3, 0.4) is 0 Å². The molecule has 1 aliphatic rings. The van der Waals surface area contributed by atoms with Gasteiger partial charge >= 0.3 is 0 Å². The van der Waals surface area contributed by atoms with Gasteiger partial charge in [-0.15, -0.1) is 0 Å². The van der Waals surface area contributed by atoms with Crippen LogP contribution in [0.5, 0.6) is 0 Å². The molecule has 2 atom stereocenters. The van der Waals surface area contributed by atoms with E-state index in [9.17, 15) is 9.59 Å². The summed E-state index contributed by atoms with van der Waals surface area (Å²) in [6.45, 7) is 2.95. The smallest absolute Gasteiger partial charge is 0.261 e. The molecule has 2 N–H and O–H groups in total. The van der Waals surface area contributed by atoms with Gasteiger partial charge in [0, 0.05) is 25.0 Å². The van der Waals surface area contributed by atoms with Crippen molar-refractivity contribution < 1.29 is 4.79 Å². The minimum atomic E-state index is -0.194. The van der Waals surface area contributed by atoms with Crippen LogP contribution in [0.15, 0.2) is 59.7 Å². The quantitative estimate of drug-likeness (QED) is 0.768. The summed E-state index contributed by atoms with van der Waals surface area (Å²) in [4.78, 5) is 31.6. The zero-order chi connectivity index (χ0) is 19.0. The third kappa shape index (κ3) is 3.24. The van der Waals surface area contributed by atoms with Crippen molar-refractivity contribution in [2.24, 2.45) is 5.73 Å². The number of nitrogens with two attached hydrogens (primary N) is 1. The van der Waals surface area contributed by atoms with Crippen LogP contribution in [0, 0.1) is 6.92 Å². The van der Waals surface area contributed by atoms with E-state index in [1.807, 2.05) is 49.4 Å². The maximum atomic E-state index is 12.8. The Kier molecular flexibility index (Phi) is 4.49. The first-order valence-corrected chi connectivity index (χ1v) is 9.07. The number of rotatable bonds is 3. The number of aryl methyl sites for hydroxylation is 1. The second-order valence-corrected chi connectivity index (χ2v) is 7.13. The molecule has 1 aliphatic heterocycles. The zero-order valence-electron chi connectivity index (χ0n) is 15.2. The van der Waals surface area contributed by atoms with Gasteiger partial charge in [0.2, 0.25) is 5.91 Å². The standard InChI is InChI=1S/C21H22N4O2/c1-14-6-5-9-16-20(14)23-13-25(21(16)27)12-19(26)24-10-17(18(22)11-24)15-7-3-2-4-8-15/h2-9,13,17-18H,10-12,22H2,1H3/t17-,18+/m0/s1. The van der Waals surface area contributed by atoms with Gasteiger partial charge in [0.05, 0.1) is 17.2 Å². The largest absolute Gasteiger partial charge is 0.339 e. The summed E-state index contributed by atoms with van der Waals surface area (Å²) >= 11 is 0. The summed E-state index contributed by atoms with van der Waals surface area (Å²) in [6.07, 6.45) is 1.46. The lowest BCUT2D eigenvalue weighted by molar-refractivity contribution is -0.130. The van der Waals surface area contributed by atoms with E-state index in [1.54, 1.807) is 11.0 Å². The van der Waals surface area contributed by atoms with Gasteiger partial charge in [-0.25, -0.2) is 4.98 Å². The van der Waals surface area contributed by atoms with E-state index < -0.39 is 0 Å². The Labute approximate surface area is 157 Å². The summed E-state index contributed by atoms with van der Waals surface area (Å²) in [6, 6.07) is 15.4. The highest BCUT2D eigenvalue weighted by atomic mass is 16.2. The third-order valence-electron chi connectivity index (χ3n) is 5.31. The van der Waals surface area contributed by atoms with Crippen molar-refractivity contribution in [3.63, 3.8) is 0 Å². The second kappa shape index (κ2) is 6.96. The Hall–Kier alpha value is -2.99. The van der Waals surface area contributed by atoms with Crippen LogP contribution in [0.4, 0.5) is 0 Å². The van der Waals surface area contributed by atoms with Crippen molar-refractivity contribution in [3.8, 4) is 0 Å². The topological polar surface area (TPSA) is 81.2 Å². The van der Waals surface area contributed by atoms with Gasteiger partial charge in [0.1, 0.15) is 6.54 Å². The van der Waals surface area contributed by atoms with Gasteiger partial charge in [0.25, 0.3) is 5.56 Å². The molecule has 0 bridgehead atoms. The van der Waals surface area contributed by atoms with Crippen LogP contribution in [-0.4, -0.2) is 39.5 Å². The molecule has 0 spiro atoms. The van der Waals surface area contributed by atoms with E-state index >= 15 is 0 Å². The average Bonchev–Trinajstić information content (AvgIpc) is 3.07. The molecule has 1 aromatic heterocycles. The molecule has 2 heterocycles. The fraction of sp³-hybridized carbons (Fsp3) is 0.286. The minimum absolute atomic E-state index is 0.0239. The molecular weight excluding hydrogens is 340 g/mol. The molecular formula is C21H22N4O2. The SMILES string of the molecule is Cc1cccc2c(=O)n(CC(=O)N3C[C@@H](N)[C@H](c4ccccc4)C3)cnc12. The zero-order valence-corrected chi connectivity index (χ0v) is 15.2. The van der Waals surface area contributed by atoms with E-state index in [1.165, 1.54) is 10.9 Å². The van der Waals surface area contributed by atoms with Crippen molar-refractivity contribution in [1.82, 2.24) is 14.5 Å². The Bertz CT molecular complexity index is 1040. The van der Waals surface area contributed by atoms with Crippen molar-refractivity contribution in [2.45, 2.75) is 25.4 Å². The van der Waals surface area contributed by atoms with Crippen molar-refractivity contribution in [1.29, 1.82) is 0 Å². The number of carbonyl (C=O) groups excluding carboxylic acids is 1. The van der Waals surface area contributed by atoms with Gasteiger partial charge in [-0.2, -0.15) is 0 Å². The molecule has 1 fully saturated rings. The normalized spacial score (nSPS) is 19.6. The number of amides is 1. The number of benzene rings is 2. The molecule has 4 rings (SSSR count). The summed E-state index contributed by atoms with van der Waals surface area (Å²) in [5.41, 5.74) is 8.85. The van der Waals surface area contributed by atoms with Crippen LogP contribution >= 0.6 is 0 Å². The van der Waals surface area contributed by atoms with Crippen LogP contribution < -0.4 is 11.3 Å². The van der Waals surface area contributed by atoms with Crippen molar-refractivity contribution in [2.75, 3.05) is 13.1 Å². The molecule has 27 heavy (non-hydrogen) atoms. The highest BCUT2D eigenvalue weighted by Gasteiger charge is 2.33. The maximum Gasteiger partial charge on any atom is 0.261 e. The number of hydrogen-bond donors (Lipinski definition) is 1. The molecule has 0 aliphatic carbocycles. The Morgan fingerprint density at radius 2 is 1.93 bits per heavy atom. The fourth-order valence-electron chi connectivity index (χ4n) is 3.78. The average molecular weight is 362 g/mol. The molecule has 3 aromatic rings. The van der Waals surface area contributed by atoms with Crippen LogP contribution in [0.25, 0.3) is 10.9 Å². The molecule has 0 saturated carbocycles. The van der Waals surface area contributed by atoms with Gasteiger partial charge in [0.15, 0.2) is 0 Å². The van der Waals surface area contributed by atoms with E-state index in [0.29, 0.717) is 24.0 Å². The van der Waals surface area contributed by atoms with Gasteiger partial charge in [-0.05, 0) is 24.1 Å². The maximum absolute atomic E-state index is 12.8. The van der Waals surface area contributed by atoms with Crippen LogP contribution in [0.2, 0.25) is 0 Å². The highest BCUT2D eigenvalue weighted by molar-refractivity contribution is 5.81. The highest BCUT2D eigenvalue weighted by Crippen LogP contribution is 2.26. The van der Waals surface area contributed by atoms with Crippen LogP contribution in [0.1, 0.15) is 17.0 Å². The predicted octanol–water partition coefficient (Wildman–Crippen LogP) is 1.66. The summed E-state index contributed by atoms with van der Waals surface area (Å²) < 4.78 is 1.38. The van der Waals surface area contributed by atoms with Crippen molar-refractivity contribution in [3.05, 3.63) is 76.3 Å². The fourth-order valence-corrected chi connectivity index (χ4v) is 3.78. The number of para-hydroxylation sites is 1. The van der Waals surface area contributed by atoms with Crippen molar-refractivity contribution >= 4 is 16.8 Å². The lowest BCUT2D eigenvalue weighted by Gasteiger charge is -2.17. The first-order chi connectivity index (χ1) is 13.0. The molecule has 138 valence electrons. The van der Waals surface area contributed by atoms with E-state index in [4.69, 9.17) is 5.73 Å². The summed E-state index contributed by atoms with van der Waals surface area (Å²) in [7, 11) is 0. The molecule has 1 amide bonds. The molecule has 0 unspecified atom stereocenters. The number of aromatic nitrogens is 2. The van der Waals surface area contributed by atoms with E-state index in [2.05, 4.69) is 4.98 Å². The Balaban J connectivity index is 1.54. The van der Waals surface area contributed by atoms with Gasteiger partial charge in [-0.1, -0.05) is 42.5 Å². The van der Waals surface area contributed by atoms with E-state index in [-0.39, 0.29) is 30.0 Å². The van der Waals surface area contributed by atoms with Gasteiger partial charge < -0.3 is 10.6 Å². The molecule has 0 radical (unpaired) electrons. The van der Waals surface area contributed by atoms with Gasteiger partial charge in [-0.3, -0.25) is 14.2 Å². The molecule has 2 aromatic carbocycles. The number of carbonyl (C=O) groups is 1. The molecule has 1 saturated heterocycles. The number of likely N-dealkylation sites (tertiary alicyclic amines) is 1. The van der Waals surface area contributed by atoms with E-state index in [0.717, 1.165) is 11.1 Å². The summed E-state index contributed by atoms with van der Waals surface area (Å²) in [5.74, 6) is 0.00374. The first-order valence-electron chi connectivity index (χ1n) is 9.07. The van der Waals surface area contributed by atoms with Crippen LogP contribution in [-0.2, 0) is 11.3 Å². The summed E-state index contributed by atoms with van der Waals surface area (Å²) in [5, 5.41) is 0.533. The third-order valence-corrected chi connectivity index (χ3v) is 5.31. The minimum Gasteiger partial charge on any atom is -0.339 e. The first kappa shape index (κ1) is 17.4. The lowest BCUT2D eigenvalue weighted by Crippen LogP contribution is -2.36. The number of hydrogen-bond acceptors (Lipinski definition) is 4. The number of fused-ring (bicyclic) bond motifs is 1. The molecule has 6 nitrogen and oxygen atoms in total.